The van der Waals surface area contributed by atoms with E-state index < -0.39 is 0 Å². The summed E-state index contributed by atoms with van der Waals surface area (Å²) >= 11 is 11.8. The lowest BCUT2D eigenvalue weighted by Gasteiger charge is -2.05. The van der Waals surface area contributed by atoms with Crippen LogP contribution in [0.25, 0.3) is 0 Å². The van der Waals surface area contributed by atoms with Crippen molar-refractivity contribution in [1.82, 2.24) is 0 Å². The zero-order chi connectivity index (χ0) is 17.6. The summed E-state index contributed by atoms with van der Waals surface area (Å²) in [4.78, 5) is 0. The number of rotatable bonds is 3. The van der Waals surface area contributed by atoms with Crippen molar-refractivity contribution in [2.24, 2.45) is 0 Å². The Balaban J connectivity index is 0.000000231. The van der Waals surface area contributed by atoms with Gasteiger partial charge in [0.1, 0.15) is 11.5 Å². The Labute approximate surface area is 148 Å². The zero-order valence-corrected chi connectivity index (χ0v) is 15.6. The van der Waals surface area contributed by atoms with Crippen LogP contribution in [0.4, 0.5) is 0 Å². The second-order valence-corrected chi connectivity index (χ2v) is 6.38. The van der Waals surface area contributed by atoms with Gasteiger partial charge in [0.25, 0.3) is 0 Å². The molecule has 2 aromatic rings. The van der Waals surface area contributed by atoms with Gasteiger partial charge in [0.15, 0.2) is 0 Å². The highest BCUT2D eigenvalue weighted by molar-refractivity contribution is 6.31. The molecule has 0 atom stereocenters. The van der Waals surface area contributed by atoms with E-state index >= 15 is 0 Å². The van der Waals surface area contributed by atoms with Gasteiger partial charge in [0, 0.05) is 10.0 Å². The minimum atomic E-state index is 0.342. The fourth-order valence-electron chi connectivity index (χ4n) is 2.17. The summed E-state index contributed by atoms with van der Waals surface area (Å²) in [6.07, 6.45) is 2.71. The van der Waals surface area contributed by atoms with Crippen molar-refractivity contribution < 1.29 is 10.2 Å². The van der Waals surface area contributed by atoms with Crippen molar-refractivity contribution in [3.63, 3.8) is 0 Å². The maximum Gasteiger partial charge on any atom is 0.119 e. The highest BCUT2D eigenvalue weighted by atomic mass is 35.5. The molecule has 0 heterocycles. The molecular formula is C19H24Cl2O2. The van der Waals surface area contributed by atoms with E-state index in [0.29, 0.717) is 11.5 Å². The number of aryl methyl sites for hydroxylation is 4. The number of hydrogen-bond acceptors (Lipinski definition) is 2. The van der Waals surface area contributed by atoms with Gasteiger partial charge < -0.3 is 10.2 Å². The molecule has 0 saturated carbocycles. The van der Waals surface area contributed by atoms with Crippen LogP contribution in [0, 0.1) is 13.8 Å². The van der Waals surface area contributed by atoms with Crippen molar-refractivity contribution in [1.29, 1.82) is 0 Å². The summed E-state index contributed by atoms with van der Waals surface area (Å²) in [6, 6.07) is 7.07. The van der Waals surface area contributed by atoms with Crippen LogP contribution in [0.15, 0.2) is 24.3 Å². The minimum Gasteiger partial charge on any atom is -0.508 e. The maximum atomic E-state index is 9.49. The summed E-state index contributed by atoms with van der Waals surface area (Å²) in [5, 5.41) is 20.3. The Morgan fingerprint density at radius 1 is 0.783 bits per heavy atom. The van der Waals surface area contributed by atoms with Gasteiger partial charge in [-0.2, -0.15) is 0 Å². The van der Waals surface area contributed by atoms with Crippen LogP contribution in [-0.2, 0) is 12.8 Å². The van der Waals surface area contributed by atoms with Gasteiger partial charge in [0.05, 0.1) is 0 Å². The van der Waals surface area contributed by atoms with Crippen molar-refractivity contribution in [2.45, 2.75) is 47.0 Å². The zero-order valence-electron chi connectivity index (χ0n) is 14.1. The summed E-state index contributed by atoms with van der Waals surface area (Å²) in [5.41, 5.74) is 3.68. The minimum absolute atomic E-state index is 0.342. The average Bonchev–Trinajstić information content (AvgIpc) is 2.49. The van der Waals surface area contributed by atoms with E-state index in [0.717, 1.165) is 51.6 Å². The topological polar surface area (TPSA) is 40.5 Å². The molecule has 2 N–H and O–H groups in total. The van der Waals surface area contributed by atoms with Crippen LogP contribution < -0.4 is 0 Å². The van der Waals surface area contributed by atoms with E-state index in [2.05, 4.69) is 6.92 Å². The van der Waals surface area contributed by atoms with Gasteiger partial charge in [-0.25, -0.2) is 0 Å². The molecule has 0 aliphatic rings. The van der Waals surface area contributed by atoms with Gasteiger partial charge in [-0.05, 0) is 73.2 Å². The predicted molar refractivity (Wildman–Crippen MR) is 99.1 cm³/mol. The normalized spacial score (nSPS) is 10.2. The number of phenolic OH excluding ortho intramolecular Hbond substituents is 2. The smallest absolute Gasteiger partial charge is 0.119 e. The highest BCUT2D eigenvalue weighted by Gasteiger charge is 2.04. The fourth-order valence-corrected chi connectivity index (χ4v) is 2.54. The Morgan fingerprint density at radius 3 is 1.65 bits per heavy atom. The molecule has 0 aliphatic heterocycles. The van der Waals surface area contributed by atoms with Crippen LogP contribution in [0.5, 0.6) is 11.5 Å². The van der Waals surface area contributed by atoms with Gasteiger partial charge in [-0.3, -0.25) is 0 Å². The van der Waals surface area contributed by atoms with Crippen LogP contribution in [0.1, 0.15) is 42.5 Å². The van der Waals surface area contributed by atoms with Crippen molar-refractivity contribution >= 4 is 23.2 Å². The molecule has 0 unspecified atom stereocenters. The van der Waals surface area contributed by atoms with E-state index in [1.54, 1.807) is 12.1 Å². The third-order valence-electron chi connectivity index (χ3n) is 3.62. The Bertz CT molecular complexity index is 667. The van der Waals surface area contributed by atoms with E-state index in [9.17, 15) is 10.2 Å². The van der Waals surface area contributed by atoms with Crippen molar-refractivity contribution in [2.75, 3.05) is 0 Å². The molecule has 0 fully saturated rings. The SMILES string of the molecule is CCCc1cc(Cl)c(C)cc1O.CCc1cc(Cl)c(C)cc1O. The largest absolute Gasteiger partial charge is 0.508 e. The van der Waals surface area contributed by atoms with E-state index in [1.165, 1.54) is 0 Å². The van der Waals surface area contributed by atoms with Crippen LogP contribution in [-0.4, -0.2) is 10.2 Å². The number of benzene rings is 2. The average molecular weight is 355 g/mol. The molecule has 4 heteroatoms. The van der Waals surface area contributed by atoms with E-state index in [-0.39, 0.29) is 0 Å². The highest BCUT2D eigenvalue weighted by Crippen LogP contribution is 2.26. The second-order valence-electron chi connectivity index (χ2n) is 5.56. The molecule has 0 amide bonds. The molecule has 2 rings (SSSR count). The summed E-state index contributed by atoms with van der Waals surface area (Å²) < 4.78 is 0. The third kappa shape index (κ3) is 5.63. The fraction of sp³-hybridized carbons (Fsp3) is 0.368. The standard InChI is InChI=1S/C10H13ClO.C9H11ClO/c1-3-4-8-6-9(11)7(2)5-10(8)12;1-3-7-5-8(10)6(2)4-9(7)11/h5-6,12H,3-4H2,1-2H3;4-5,11H,3H2,1-2H3. The first-order valence-corrected chi connectivity index (χ1v) is 8.51. The van der Waals surface area contributed by atoms with Crippen LogP contribution in [0.2, 0.25) is 10.0 Å². The molecule has 0 spiro atoms. The molecule has 23 heavy (non-hydrogen) atoms. The Kier molecular flexibility index (Phi) is 7.74. The van der Waals surface area contributed by atoms with Crippen molar-refractivity contribution in [3.8, 4) is 11.5 Å². The van der Waals surface area contributed by atoms with Crippen LogP contribution >= 0.6 is 23.2 Å². The van der Waals surface area contributed by atoms with Crippen molar-refractivity contribution in [3.05, 3.63) is 56.6 Å². The summed E-state index contributed by atoms with van der Waals surface area (Å²) in [5.74, 6) is 0.702. The number of halogens is 2. The van der Waals surface area contributed by atoms with Gasteiger partial charge in [-0.1, -0.05) is 43.5 Å². The number of aromatic hydroxyl groups is 2. The quantitative estimate of drug-likeness (QED) is 0.686. The summed E-state index contributed by atoms with van der Waals surface area (Å²) in [6.45, 7) is 7.83. The first-order valence-electron chi connectivity index (χ1n) is 7.76. The lowest BCUT2D eigenvalue weighted by molar-refractivity contribution is 0.467. The Hall–Kier alpha value is -1.38. The summed E-state index contributed by atoms with van der Waals surface area (Å²) in [7, 11) is 0. The van der Waals surface area contributed by atoms with E-state index in [1.807, 2.05) is 32.9 Å². The number of hydrogen-bond donors (Lipinski definition) is 2. The molecule has 2 aromatic carbocycles. The first kappa shape index (κ1) is 19.7. The molecular weight excluding hydrogens is 331 g/mol. The van der Waals surface area contributed by atoms with Gasteiger partial charge in [-0.15, -0.1) is 0 Å². The lowest BCUT2D eigenvalue weighted by Crippen LogP contribution is -1.86. The lowest BCUT2D eigenvalue weighted by atomic mass is 10.1. The molecule has 0 radical (unpaired) electrons. The molecule has 0 saturated heterocycles. The molecule has 126 valence electrons. The third-order valence-corrected chi connectivity index (χ3v) is 4.43. The molecule has 0 aromatic heterocycles. The van der Waals surface area contributed by atoms with E-state index in [4.69, 9.17) is 23.2 Å². The Morgan fingerprint density at radius 2 is 1.22 bits per heavy atom. The van der Waals surface area contributed by atoms with Crippen LogP contribution in [0.3, 0.4) is 0 Å². The first-order chi connectivity index (χ1) is 10.8. The second kappa shape index (κ2) is 9.05. The molecule has 0 bridgehead atoms. The van der Waals surface area contributed by atoms with Gasteiger partial charge in [0.2, 0.25) is 0 Å². The molecule has 0 aliphatic carbocycles. The maximum absolute atomic E-state index is 9.49. The van der Waals surface area contributed by atoms with Gasteiger partial charge >= 0.3 is 0 Å². The molecule has 2 nitrogen and oxygen atoms in total. The monoisotopic (exact) mass is 354 g/mol. The number of phenols is 2. The predicted octanol–water partition coefficient (Wildman–Crippen LogP) is 6.22.